The van der Waals surface area contributed by atoms with Crippen LogP contribution in [0.5, 0.6) is 0 Å². The van der Waals surface area contributed by atoms with Crippen molar-refractivity contribution in [2.75, 3.05) is 13.1 Å². The minimum atomic E-state index is -0.400. The van der Waals surface area contributed by atoms with Gasteiger partial charge in [0.15, 0.2) is 4.32 Å². The fourth-order valence-corrected chi connectivity index (χ4v) is 1.03. The summed E-state index contributed by atoms with van der Waals surface area (Å²) in [7, 11) is 0. The number of rotatable bonds is 0. The molecule has 0 saturated carbocycles. The van der Waals surface area contributed by atoms with Crippen molar-refractivity contribution in [2.45, 2.75) is 19.8 Å². The molecule has 4 nitrogen and oxygen atoms in total. The number of nitrogens with two attached hydrogens (primary N) is 1. The molecule has 0 spiro atoms. The molecule has 13 heavy (non-hydrogen) atoms. The average molecular weight is 222 g/mol. The molecular formula is C7H14N2O2S2. The predicted molar refractivity (Wildman–Crippen MR) is 58.2 cm³/mol. The van der Waals surface area contributed by atoms with E-state index in [1.807, 2.05) is 0 Å². The molecule has 6 heteroatoms. The summed E-state index contributed by atoms with van der Waals surface area (Å²) in [6.45, 7) is 3.78. The van der Waals surface area contributed by atoms with E-state index >= 15 is 0 Å². The van der Waals surface area contributed by atoms with E-state index in [-0.39, 0.29) is 4.32 Å². The lowest BCUT2D eigenvalue weighted by Crippen LogP contribution is -2.04. The van der Waals surface area contributed by atoms with Crippen LogP contribution in [0.2, 0.25) is 0 Å². The summed E-state index contributed by atoms with van der Waals surface area (Å²) in [6.07, 6.45) is 2.78. The molecule has 0 aromatic rings. The molecule has 1 aliphatic heterocycles. The van der Waals surface area contributed by atoms with Gasteiger partial charge in [-0.2, -0.15) is 0 Å². The maximum Gasteiger partial charge on any atom is 0.315 e. The third-order valence-electron chi connectivity index (χ3n) is 1.20. The van der Waals surface area contributed by atoms with Crippen LogP contribution >= 0.6 is 24.3 Å². The van der Waals surface area contributed by atoms with Gasteiger partial charge in [0.05, 0.1) is 0 Å². The third kappa shape index (κ3) is 11.7. The molecule has 0 radical (unpaired) electrons. The van der Waals surface area contributed by atoms with E-state index in [2.05, 4.69) is 21.7 Å². The smallest absolute Gasteiger partial charge is 0.315 e. The van der Waals surface area contributed by atoms with E-state index in [1.165, 1.54) is 32.9 Å². The quantitative estimate of drug-likeness (QED) is 0.467. The van der Waals surface area contributed by atoms with E-state index in [9.17, 15) is 4.79 Å². The number of hydrogen-bond donors (Lipinski definition) is 2. The highest BCUT2D eigenvalue weighted by Gasteiger charge is 1.94. The van der Waals surface area contributed by atoms with Crippen molar-refractivity contribution in [1.82, 2.24) is 5.32 Å². The molecule has 1 aliphatic rings. The van der Waals surface area contributed by atoms with Crippen molar-refractivity contribution in [3.63, 3.8) is 0 Å². The molecule has 0 aromatic carbocycles. The Hall–Kier alpha value is -0.330. The van der Waals surface area contributed by atoms with Gasteiger partial charge < -0.3 is 15.2 Å². The summed E-state index contributed by atoms with van der Waals surface area (Å²) in [5.41, 5.74) is 4.96. The average Bonchev–Trinajstić information content (AvgIpc) is 2.57. The summed E-state index contributed by atoms with van der Waals surface area (Å²) in [5.74, 6) is -0.400. The van der Waals surface area contributed by atoms with Crippen molar-refractivity contribution in [1.29, 1.82) is 0 Å². The Labute approximate surface area is 87.8 Å². The molecule has 1 rings (SSSR count). The highest BCUT2D eigenvalue weighted by molar-refractivity contribution is 8.20. The van der Waals surface area contributed by atoms with E-state index in [1.54, 1.807) is 0 Å². The SMILES string of the molecule is C1CCNC1.CC(=O)OSC(N)=S. The second-order valence-electron chi connectivity index (χ2n) is 2.43. The van der Waals surface area contributed by atoms with Crippen LogP contribution in [0, 0.1) is 0 Å². The van der Waals surface area contributed by atoms with E-state index in [0.29, 0.717) is 12.0 Å². The van der Waals surface area contributed by atoms with Gasteiger partial charge in [-0.25, -0.2) is 0 Å². The van der Waals surface area contributed by atoms with Crippen LogP contribution in [-0.4, -0.2) is 23.4 Å². The zero-order chi connectivity index (χ0) is 10.1. The summed E-state index contributed by atoms with van der Waals surface area (Å²) >= 11 is 5.08. The van der Waals surface area contributed by atoms with Crippen molar-refractivity contribution in [3.8, 4) is 0 Å². The second kappa shape index (κ2) is 8.28. The first kappa shape index (κ1) is 12.7. The molecule has 0 unspecified atom stereocenters. The first-order chi connectivity index (χ1) is 6.13. The van der Waals surface area contributed by atoms with Crippen LogP contribution in [0.25, 0.3) is 0 Å². The summed E-state index contributed by atoms with van der Waals surface area (Å²) in [5, 5.41) is 3.22. The second-order valence-corrected chi connectivity index (χ2v) is 3.91. The van der Waals surface area contributed by atoms with Gasteiger partial charge in [0.2, 0.25) is 0 Å². The normalized spacial score (nSPS) is 14.2. The standard InChI is InChI=1S/C4H9N.C3H5NO2S2/c1-2-4-5-3-1;1-2(5)6-8-3(4)7/h5H,1-4H2;1H3,(H2,4,7). The number of thiocarbonyl (C=S) groups is 1. The highest BCUT2D eigenvalue weighted by atomic mass is 32.2. The number of carbonyl (C=O) groups excluding carboxylic acids is 1. The van der Waals surface area contributed by atoms with Crippen LogP contribution in [0.15, 0.2) is 0 Å². The monoisotopic (exact) mass is 222 g/mol. The Morgan fingerprint density at radius 2 is 2.08 bits per heavy atom. The molecule has 0 atom stereocenters. The number of hydrogen-bond acceptors (Lipinski definition) is 5. The molecule has 0 amide bonds. The van der Waals surface area contributed by atoms with Crippen molar-refractivity contribution in [2.24, 2.45) is 5.73 Å². The molecule has 0 aliphatic carbocycles. The van der Waals surface area contributed by atoms with Crippen LogP contribution in [-0.2, 0) is 8.98 Å². The van der Waals surface area contributed by atoms with Crippen LogP contribution < -0.4 is 11.1 Å². The minimum Gasteiger partial charge on any atom is -0.384 e. The topological polar surface area (TPSA) is 64.3 Å². The fraction of sp³-hybridized carbons (Fsp3) is 0.714. The molecule has 1 saturated heterocycles. The third-order valence-corrected chi connectivity index (χ3v) is 1.88. The van der Waals surface area contributed by atoms with Gasteiger partial charge >= 0.3 is 5.97 Å². The molecule has 0 bridgehead atoms. The van der Waals surface area contributed by atoms with Gasteiger partial charge in [0.1, 0.15) is 12.0 Å². The number of nitrogens with one attached hydrogen (secondary N) is 1. The van der Waals surface area contributed by atoms with Gasteiger partial charge in [-0.05, 0) is 38.1 Å². The fourth-order valence-electron chi connectivity index (χ4n) is 0.725. The van der Waals surface area contributed by atoms with Gasteiger partial charge in [-0.1, -0.05) is 0 Å². The Morgan fingerprint density at radius 3 is 2.23 bits per heavy atom. The lowest BCUT2D eigenvalue weighted by atomic mass is 10.4. The maximum absolute atomic E-state index is 9.99. The van der Waals surface area contributed by atoms with Crippen molar-refractivity contribution >= 4 is 34.6 Å². The summed E-state index contributed by atoms with van der Waals surface area (Å²) in [4.78, 5) is 9.99. The van der Waals surface area contributed by atoms with E-state index in [4.69, 9.17) is 5.73 Å². The van der Waals surface area contributed by atoms with E-state index in [0.717, 1.165) is 0 Å². The Kier molecular flexibility index (Phi) is 8.07. The molecular weight excluding hydrogens is 208 g/mol. The first-order valence-corrected chi connectivity index (χ1v) is 5.13. The predicted octanol–water partition coefficient (Wildman–Crippen LogP) is 0.811. The summed E-state index contributed by atoms with van der Waals surface area (Å²) in [6, 6.07) is 0. The molecule has 1 fully saturated rings. The highest BCUT2D eigenvalue weighted by Crippen LogP contribution is 2.00. The van der Waals surface area contributed by atoms with E-state index < -0.39 is 5.97 Å². The van der Waals surface area contributed by atoms with Crippen molar-refractivity contribution < 1.29 is 8.98 Å². The van der Waals surface area contributed by atoms with Gasteiger partial charge in [0, 0.05) is 6.92 Å². The lowest BCUT2D eigenvalue weighted by molar-refractivity contribution is -0.130. The zero-order valence-corrected chi connectivity index (χ0v) is 9.17. The largest absolute Gasteiger partial charge is 0.384 e. The zero-order valence-electron chi connectivity index (χ0n) is 7.54. The first-order valence-electron chi connectivity index (χ1n) is 3.98. The van der Waals surface area contributed by atoms with Crippen molar-refractivity contribution in [3.05, 3.63) is 0 Å². The molecule has 0 aromatic heterocycles. The Bertz CT molecular complexity index is 150. The minimum absolute atomic E-state index is 0.111. The maximum atomic E-state index is 9.99. The van der Waals surface area contributed by atoms with Gasteiger partial charge in [-0.3, -0.25) is 4.79 Å². The van der Waals surface area contributed by atoms with Crippen LogP contribution in [0.3, 0.4) is 0 Å². The lowest BCUT2D eigenvalue weighted by Gasteiger charge is -1.92. The summed E-state index contributed by atoms with van der Waals surface area (Å²) < 4.78 is 4.43. The number of carbonyl (C=O) groups is 1. The van der Waals surface area contributed by atoms with Gasteiger partial charge in [-0.15, -0.1) is 0 Å². The van der Waals surface area contributed by atoms with Gasteiger partial charge in [0.25, 0.3) is 0 Å². The molecule has 1 heterocycles. The Balaban J connectivity index is 0.000000243. The molecule has 3 N–H and O–H groups in total. The van der Waals surface area contributed by atoms with Crippen LogP contribution in [0.4, 0.5) is 0 Å². The molecule has 76 valence electrons. The Morgan fingerprint density at radius 1 is 1.54 bits per heavy atom. The van der Waals surface area contributed by atoms with Crippen LogP contribution in [0.1, 0.15) is 19.8 Å².